The summed E-state index contributed by atoms with van der Waals surface area (Å²) in [5.74, 6) is 0. The van der Waals surface area contributed by atoms with Crippen molar-refractivity contribution in [1.82, 2.24) is 4.90 Å². The second-order valence-corrected chi connectivity index (χ2v) is 6.07. The average molecular weight is 370 g/mol. The molecule has 0 amide bonds. The van der Waals surface area contributed by atoms with Gasteiger partial charge in [0.05, 0.1) is 4.92 Å². The lowest BCUT2D eigenvalue weighted by molar-refractivity contribution is -0.384. The van der Waals surface area contributed by atoms with E-state index in [0.29, 0.717) is 6.54 Å². The van der Waals surface area contributed by atoms with Gasteiger partial charge < -0.3 is 0 Å². The van der Waals surface area contributed by atoms with Gasteiger partial charge in [-0.1, -0.05) is 51.8 Å². The van der Waals surface area contributed by atoms with Crippen molar-refractivity contribution < 1.29 is 4.92 Å². The van der Waals surface area contributed by atoms with Crippen LogP contribution in [0.5, 0.6) is 0 Å². The molecule has 0 saturated heterocycles. The quantitative estimate of drug-likeness (QED) is 0.569. The summed E-state index contributed by atoms with van der Waals surface area (Å²) >= 11 is 9.33. The van der Waals surface area contributed by atoms with Crippen LogP contribution < -0.4 is 0 Å². The molecule has 0 heterocycles. The van der Waals surface area contributed by atoms with Crippen LogP contribution in [0.25, 0.3) is 0 Å². The van der Waals surface area contributed by atoms with Gasteiger partial charge in [-0.25, -0.2) is 0 Å². The minimum absolute atomic E-state index is 0.0524. The van der Waals surface area contributed by atoms with E-state index in [0.717, 1.165) is 16.6 Å². The van der Waals surface area contributed by atoms with E-state index in [1.54, 1.807) is 6.07 Å². The summed E-state index contributed by atoms with van der Waals surface area (Å²) in [4.78, 5) is 12.5. The van der Waals surface area contributed by atoms with E-state index >= 15 is 0 Å². The molecular formula is C15H14BrClN2O2. The third-order valence-electron chi connectivity index (χ3n) is 3.06. The van der Waals surface area contributed by atoms with Crippen LogP contribution in [0.4, 0.5) is 5.69 Å². The van der Waals surface area contributed by atoms with Crippen molar-refractivity contribution in [2.45, 2.75) is 13.1 Å². The summed E-state index contributed by atoms with van der Waals surface area (Å²) in [6, 6.07) is 12.9. The van der Waals surface area contributed by atoms with Gasteiger partial charge in [0.25, 0.3) is 5.69 Å². The number of halogens is 2. The summed E-state index contributed by atoms with van der Waals surface area (Å²) < 4.78 is 1.05. The number of nitrogens with zero attached hydrogens (tertiary/aromatic N) is 2. The SMILES string of the molecule is CN(Cc1ccc(Cl)c([N+](=O)[O-])c1)Cc1ccccc1Br. The second-order valence-electron chi connectivity index (χ2n) is 4.81. The number of nitro groups is 1. The fourth-order valence-electron chi connectivity index (χ4n) is 2.08. The maximum Gasteiger partial charge on any atom is 0.288 e. The zero-order chi connectivity index (χ0) is 15.4. The summed E-state index contributed by atoms with van der Waals surface area (Å²) in [6.45, 7) is 1.36. The van der Waals surface area contributed by atoms with Gasteiger partial charge in [0, 0.05) is 23.6 Å². The molecular weight excluding hydrogens is 356 g/mol. The van der Waals surface area contributed by atoms with E-state index in [9.17, 15) is 10.1 Å². The Balaban J connectivity index is 2.09. The van der Waals surface area contributed by atoms with Crippen molar-refractivity contribution in [2.75, 3.05) is 7.05 Å². The first-order chi connectivity index (χ1) is 9.97. The largest absolute Gasteiger partial charge is 0.298 e. The van der Waals surface area contributed by atoms with Gasteiger partial charge in [0.15, 0.2) is 0 Å². The first-order valence-electron chi connectivity index (χ1n) is 6.32. The predicted octanol–water partition coefficient (Wildman–Crippen LogP) is 4.64. The zero-order valence-corrected chi connectivity index (χ0v) is 13.8. The minimum atomic E-state index is -0.459. The number of nitro benzene ring substituents is 1. The summed E-state index contributed by atoms with van der Waals surface area (Å²) in [6.07, 6.45) is 0. The predicted molar refractivity (Wildman–Crippen MR) is 87.4 cm³/mol. The zero-order valence-electron chi connectivity index (χ0n) is 11.4. The van der Waals surface area contributed by atoms with Crippen molar-refractivity contribution in [3.05, 3.63) is 73.2 Å². The van der Waals surface area contributed by atoms with Crippen molar-refractivity contribution in [1.29, 1.82) is 0 Å². The van der Waals surface area contributed by atoms with Gasteiger partial charge >= 0.3 is 0 Å². The summed E-state index contributed by atoms with van der Waals surface area (Å²) in [5.41, 5.74) is 1.98. The molecule has 0 aliphatic rings. The number of rotatable bonds is 5. The maximum atomic E-state index is 10.9. The van der Waals surface area contributed by atoms with E-state index in [4.69, 9.17) is 11.6 Å². The number of benzene rings is 2. The highest BCUT2D eigenvalue weighted by molar-refractivity contribution is 9.10. The van der Waals surface area contributed by atoms with Crippen molar-refractivity contribution in [2.24, 2.45) is 0 Å². The molecule has 21 heavy (non-hydrogen) atoms. The first kappa shape index (κ1) is 15.9. The van der Waals surface area contributed by atoms with E-state index in [1.807, 2.05) is 37.4 Å². The Labute approximate surface area is 136 Å². The summed E-state index contributed by atoms with van der Waals surface area (Å²) in [5, 5.41) is 11.1. The number of hydrogen-bond donors (Lipinski definition) is 0. The Morgan fingerprint density at radius 3 is 2.62 bits per heavy atom. The molecule has 2 rings (SSSR count). The average Bonchev–Trinajstić information content (AvgIpc) is 2.43. The van der Waals surface area contributed by atoms with Gasteiger partial charge in [0.2, 0.25) is 0 Å². The van der Waals surface area contributed by atoms with Crippen LogP contribution in [-0.2, 0) is 13.1 Å². The molecule has 2 aromatic rings. The van der Waals surface area contributed by atoms with Crippen LogP contribution in [0.2, 0.25) is 5.02 Å². The molecule has 6 heteroatoms. The lowest BCUT2D eigenvalue weighted by Gasteiger charge is -2.17. The van der Waals surface area contributed by atoms with Crippen LogP contribution in [0.3, 0.4) is 0 Å². The molecule has 0 fully saturated rings. The van der Waals surface area contributed by atoms with Gasteiger partial charge in [-0.2, -0.15) is 0 Å². The first-order valence-corrected chi connectivity index (χ1v) is 7.49. The van der Waals surface area contributed by atoms with Crippen LogP contribution in [0.1, 0.15) is 11.1 Å². The molecule has 0 bridgehead atoms. The Morgan fingerprint density at radius 1 is 1.24 bits per heavy atom. The topological polar surface area (TPSA) is 46.4 Å². The van der Waals surface area contributed by atoms with Gasteiger partial charge in [0.1, 0.15) is 5.02 Å². The molecule has 0 aromatic heterocycles. The Kier molecular flexibility index (Phi) is 5.33. The summed E-state index contributed by atoms with van der Waals surface area (Å²) in [7, 11) is 1.97. The molecule has 110 valence electrons. The fourth-order valence-corrected chi connectivity index (χ4v) is 2.68. The molecule has 0 radical (unpaired) electrons. The molecule has 0 saturated carbocycles. The molecule has 0 aliphatic heterocycles. The normalized spacial score (nSPS) is 10.9. The van der Waals surface area contributed by atoms with Gasteiger partial charge in [-0.05, 0) is 30.3 Å². The molecule has 0 aliphatic carbocycles. The van der Waals surface area contributed by atoms with Crippen LogP contribution in [-0.4, -0.2) is 16.9 Å². The highest BCUT2D eigenvalue weighted by Crippen LogP contribution is 2.26. The molecule has 0 spiro atoms. The third-order valence-corrected chi connectivity index (χ3v) is 4.15. The Hall–Kier alpha value is -1.43. The van der Waals surface area contributed by atoms with Crippen molar-refractivity contribution >= 4 is 33.2 Å². The molecule has 0 N–H and O–H groups in total. The highest BCUT2D eigenvalue weighted by atomic mass is 79.9. The van der Waals surface area contributed by atoms with Crippen LogP contribution in [0, 0.1) is 10.1 Å². The molecule has 4 nitrogen and oxygen atoms in total. The lowest BCUT2D eigenvalue weighted by atomic mass is 10.1. The fraction of sp³-hybridized carbons (Fsp3) is 0.200. The Morgan fingerprint density at radius 2 is 1.95 bits per heavy atom. The minimum Gasteiger partial charge on any atom is -0.298 e. The van der Waals surface area contributed by atoms with E-state index in [-0.39, 0.29) is 10.7 Å². The van der Waals surface area contributed by atoms with E-state index in [1.165, 1.54) is 11.6 Å². The van der Waals surface area contributed by atoms with Gasteiger partial charge in [-0.15, -0.1) is 0 Å². The van der Waals surface area contributed by atoms with Crippen LogP contribution in [0.15, 0.2) is 46.9 Å². The molecule has 2 aromatic carbocycles. The highest BCUT2D eigenvalue weighted by Gasteiger charge is 2.13. The number of hydrogen-bond acceptors (Lipinski definition) is 3. The standard InChI is InChI=1S/C15H14BrClN2O2/c1-18(10-12-4-2-3-5-13(12)16)9-11-6-7-14(17)15(8-11)19(20)21/h2-8H,9-10H2,1H3. The molecule has 0 unspecified atom stereocenters. The van der Waals surface area contributed by atoms with Crippen LogP contribution >= 0.6 is 27.5 Å². The van der Waals surface area contributed by atoms with E-state index in [2.05, 4.69) is 20.8 Å². The van der Waals surface area contributed by atoms with Crippen molar-refractivity contribution in [3.63, 3.8) is 0 Å². The van der Waals surface area contributed by atoms with Crippen molar-refractivity contribution in [3.8, 4) is 0 Å². The molecule has 0 atom stereocenters. The van der Waals surface area contributed by atoms with E-state index < -0.39 is 4.92 Å². The lowest BCUT2D eigenvalue weighted by Crippen LogP contribution is -2.17. The third kappa shape index (κ3) is 4.27. The monoisotopic (exact) mass is 368 g/mol. The van der Waals surface area contributed by atoms with Gasteiger partial charge in [-0.3, -0.25) is 15.0 Å². The second kappa shape index (κ2) is 7.02. The Bertz CT molecular complexity index is 664. The maximum absolute atomic E-state index is 10.9. The smallest absolute Gasteiger partial charge is 0.288 e.